The average Bonchev–Trinajstić information content (AvgIpc) is 2.88. The van der Waals surface area contributed by atoms with Gasteiger partial charge in [0.1, 0.15) is 4.21 Å². The normalized spacial score (nSPS) is 24.5. The molecule has 0 aromatic carbocycles. The monoisotopic (exact) mass is 302 g/mol. The summed E-state index contributed by atoms with van der Waals surface area (Å²) in [5.41, 5.74) is 6.39. The first-order valence-electron chi connectivity index (χ1n) is 6.85. The Labute approximate surface area is 119 Å². The molecule has 3 N–H and O–H groups in total. The summed E-state index contributed by atoms with van der Waals surface area (Å²) < 4.78 is 27.8. The molecule has 1 aliphatic rings. The van der Waals surface area contributed by atoms with E-state index in [9.17, 15) is 8.42 Å². The van der Waals surface area contributed by atoms with Gasteiger partial charge in [-0.15, -0.1) is 11.3 Å². The van der Waals surface area contributed by atoms with Gasteiger partial charge in [-0.3, -0.25) is 0 Å². The van der Waals surface area contributed by atoms with E-state index >= 15 is 0 Å². The molecule has 0 spiro atoms. The molecule has 1 aromatic rings. The number of thiophene rings is 1. The Bertz CT molecular complexity index is 510. The third kappa shape index (κ3) is 3.78. The maximum atomic E-state index is 12.3. The van der Waals surface area contributed by atoms with Crippen molar-refractivity contribution in [3.63, 3.8) is 0 Å². The molecular formula is C13H22N2O2S2. The van der Waals surface area contributed by atoms with Crippen molar-refractivity contribution >= 4 is 21.4 Å². The van der Waals surface area contributed by atoms with Crippen LogP contribution in [-0.4, -0.2) is 14.5 Å². The molecule has 0 saturated heterocycles. The van der Waals surface area contributed by atoms with Crippen molar-refractivity contribution < 1.29 is 8.42 Å². The standard InChI is InChI=1S/C13H22N2O2S2/c1-2-10-4-3-5-12(6-10)15-19(16,17)13-7-11(8-14)9-18-13/h7,9-10,12,15H,2-6,8,14H2,1H3. The molecule has 0 radical (unpaired) electrons. The maximum Gasteiger partial charge on any atom is 0.250 e. The van der Waals surface area contributed by atoms with Crippen molar-refractivity contribution in [1.29, 1.82) is 0 Å². The van der Waals surface area contributed by atoms with Gasteiger partial charge in [0.25, 0.3) is 0 Å². The number of nitrogens with two attached hydrogens (primary N) is 1. The zero-order valence-electron chi connectivity index (χ0n) is 11.3. The van der Waals surface area contributed by atoms with Crippen LogP contribution in [0.3, 0.4) is 0 Å². The number of hydrogen-bond acceptors (Lipinski definition) is 4. The summed E-state index contributed by atoms with van der Waals surface area (Å²) in [7, 11) is -3.37. The minimum absolute atomic E-state index is 0.0899. The molecule has 1 heterocycles. The van der Waals surface area contributed by atoms with Gasteiger partial charge < -0.3 is 5.73 Å². The van der Waals surface area contributed by atoms with Crippen molar-refractivity contribution in [2.24, 2.45) is 11.7 Å². The predicted molar refractivity (Wildman–Crippen MR) is 78.6 cm³/mol. The first-order valence-corrected chi connectivity index (χ1v) is 9.21. The van der Waals surface area contributed by atoms with Gasteiger partial charge >= 0.3 is 0 Å². The van der Waals surface area contributed by atoms with Crippen LogP contribution >= 0.6 is 11.3 Å². The quantitative estimate of drug-likeness (QED) is 0.877. The van der Waals surface area contributed by atoms with Crippen LogP contribution in [0.1, 0.15) is 44.6 Å². The Morgan fingerprint density at radius 2 is 2.26 bits per heavy atom. The highest BCUT2D eigenvalue weighted by atomic mass is 32.2. The molecule has 108 valence electrons. The van der Waals surface area contributed by atoms with E-state index in [2.05, 4.69) is 11.6 Å². The molecule has 1 aromatic heterocycles. The zero-order chi connectivity index (χ0) is 13.9. The van der Waals surface area contributed by atoms with Gasteiger partial charge in [0.05, 0.1) is 0 Å². The van der Waals surface area contributed by atoms with Gasteiger partial charge in [-0.05, 0) is 35.8 Å². The molecule has 19 heavy (non-hydrogen) atoms. The average molecular weight is 302 g/mol. The summed E-state index contributed by atoms with van der Waals surface area (Å²) in [6.07, 6.45) is 5.39. The molecule has 2 atom stereocenters. The van der Waals surface area contributed by atoms with Crippen LogP contribution in [0.2, 0.25) is 0 Å². The van der Waals surface area contributed by atoms with Crippen LogP contribution in [0.25, 0.3) is 0 Å². The largest absolute Gasteiger partial charge is 0.326 e. The van der Waals surface area contributed by atoms with E-state index in [-0.39, 0.29) is 6.04 Å². The Hall–Kier alpha value is -0.430. The highest BCUT2D eigenvalue weighted by Gasteiger charge is 2.26. The Morgan fingerprint density at radius 1 is 1.47 bits per heavy atom. The van der Waals surface area contributed by atoms with Crippen LogP contribution < -0.4 is 10.5 Å². The van der Waals surface area contributed by atoms with Gasteiger partial charge in [-0.25, -0.2) is 13.1 Å². The summed E-state index contributed by atoms with van der Waals surface area (Å²) in [5, 5.41) is 1.81. The number of hydrogen-bond donors (Lipinski definition) is 2. The van der Waals surface area contributed by atoms with Crippen molar-refractivity contribution in [3.05, 3.63) is 17.0 Å². The van der Waals surface area contributed by atoms with Crippen LogP contribution in [0.4, 0.5) is 0 Å². The fraction of sp³-hybridized carbons (Fsp3) is 0.692. The van der Waals surface area contributed by atoms with Crippen molar-refractivity contribution in [1.82, 2.24) is 4.72 Å². The molecule has 2 unspecified atom stereocenters. The lowest BCUT2D eigenvalue weighted by Gasteiger charge is -2.28. The minimum atomic E-state index is -3.37. The van der Waals surface area contributed by atoms with E-state index in [1.54, 1.807) is 6.07 Å². The third-order valence-corrected chi connectivity index (χ3v) is 6.82. The van der Waals surface area contributed by atoms with E-state index < -0.39 is 10.0 Å². The molecular weight excluding hydrogens is 280 g/mol. The molecule has 1 saturated carbocycles. The van der Waals surface area contributed by atoms with Crippen LogP contribution in [0, 0.1) is 5.92 Å². The predicted octanol–water partition coefficient (Wildman–Crippen LogP) is 2.45. The van der Waals surface area contributed by atoms with Crippen molar-refractivity contribution in [2.75, 3.05) is 0 Å². The molecule has 0 aliphatic heterocycles. The molecule has 1 fully saturated rings. The van der Waals surface area contributed by atoms with Crippen LogP contribution in [-0.2, 0) is 16.6 Å². The molecule has 0 amide bonds. The Balaban J connectivity index is 2.04. The van der Waals surface area contributed by atoms with E-state index in [1.807, 2.05) is 5.38 Å². The second-order valence-electron chi connectivity index (χ2n) is 5.24. The summed E-state index contributed by atoms with van der Waals surface area (Å²) in [6, 6.07) is 1.76. The lowest BCUT2D eigenvalue weighted by molar-refractivity contribution is 0.301. The highest BCUT2D eigenvalue weighted by Crippen LogP contribution is 2.28. The van der Waals surface area contributed by atoms with Crippen LogP contribution in [0.15, 0.2) is 15.7 Å². The van der Waals surface area contributed by atoms with Gasteiger partial charge in [-0.2, -0.15) is 0 Å². The molecule has 4 nitrogen and oxygen atoms in total. The Morgan fingerprint density at radius 3 is 2.89 bits per heavy atom. The van der Waals surface area contributed by atoms with Gasteiger partial charge in [0.2, 0.25) is 10.0 Å². The third-order valence-electron chi connectivity index (χ3n) is 3.81. The number of rotatable bonds is 5. The molecule has 6 heteroatoms. The van der Waals surface area contributed by atoms with E-state index in [0.717, 1.165) is 31.2 Å². The number of sulfonamides is 1. The smallest absolute Gasteiger partial charge is 0.250 e. The molecule has 2 rings (SSSR count). The lowest BCUT2D eigenvalue weighted by Crippen LogP contribution is -2.38. The summed E-state index contributed by atoms with van der Waals surface area (Å²) in [5.74, 6) is 0.657. The second-order valence-corrected chi connectivity index (χ2v) is 8.09. The lowest BCUT2D eigenvalue weighted by atomic mass is 9.85. The van der Waals surface area contributed by atoms with Crippen LogP contribution in [0.5, 0.6) is 0 Å². The highest BCUT2D eigenvalue weighted by molar-refractivity contribution is 7.91. The van der Waals surface area contributed by atoms with Crippen molar-refractivity contribution in [3.8, 4) is 0 Å². The topological polar surface area (TPSA) is 72.2 Å². The first kappa shape index (κ1) is 15.0. The SMILES string of the molecule is CCC1CCCC(NS(=O)(=O)c2cc(CN)cs2)C1. The molecule has 1 aliphatic carbocycles. The Kier molecular flexibility index (Phi) is 5.00. The van der Waals surface area contributed by atoms with Gasteiger partial charge in [-0.1, -0.05) is 26.2 Å². The fourth-order valence-corrected chi connectivity index (χ4v) is 5.17. The summed E-state index contributed by atoms with van der Waals surface area (Å²) in [6.45, 7) is 2.56. The number of nitrogens with one attached hydrogen (secondary N) is 1. The van der Waals surface area contributed by atoms with E-state index in [0.29, 0.717) is 16.7 Å². The van der Waals surface area contributed by atoms with Gasteiger partial charge in [0.15, 0.2) is 0 Å². The van der Waals surface area contributed by atoms with Crippen molar-refractivity contribution in [2.45, 2.75) is 55.8 Å². The van der Waals surface area contributed by atoms with Gasteiger partial charge in [0, 0.05) is 12.6 Å². The van der Waals surface area contributed by atoms with E-state index in [1.165, 1.54) is 17.8 Å². The maximum absolute atomic E-state index is 12.3. The van der Waals surface area contributed by atoms with E-state index in [4.69, 9.17) is 5.73 Å². The molecule has 0 bridgehead atoms. The minimum Gasteiger partial charge on any atom is -0.326 e. The fourth-order valence-electron chi connectivity index (χ4n) is 2.65. The summed E-state index contributed by atoms with van der Waals surface area (Å²) >= 11 is 1.25. The zero-order valence-corrected chi connectivity index (χ0v) is 12.9. The second kappa shape index (κ2) is 6.35. The summed E-state index contributed by atoms with van der Waals surface area (Å²) in [4.78, 5) is 0. The first-order chi connectivity index (χ1) is 9.05.